The Morgan fingerprint density at radius 2 is 2.18 bits per heavy atom. The third-order valence-electron chi connectivity index (χ3n) is 2.28. The first kappa shape index (κ1) is 14.9. The number of halogens is 1. The predicted octanol–water partition coefficient (Wildman–Crippen LogP) is 3.69. The molecule has 17 heavy (non-hydrogen) atoms. The molecule has 0 unspecified atom stereocenters. The largest absolute Gasteiger partial charge is 0.493 e. The lowest BCUT2D eigenvalue weighted by Crippen LogP contribution is -2.12. The highest BCUT2D eigenvalue weighted by atomic mass is 79.9. The number of nitrogens with one attached hydrogen (secondary N) is 1. The van der Waals surface area contributed by atoms with Crippen molar-refractivity contribution in [1.82, 2.24) is 5.32 Å². The molecule has 0 bridgehead atoms. The van der Waals surface area contributed by atoms with Crippen LogP contribution in [-0.2, 0) is 6.54 Å². The normalized spacial score (nSPS) is 10.5. The van der Waals surface area contributed by atoms with Gasteiger partial charge in [0.25, 0.3) is 0 Å². The lowest BCUT2D eigenvalue weighted by atomic mass is 10.2. The number of benzene rings is 1. The van der Waals surface area contributed by atoms with Crippen molar-refractivity contribution in [2.45, 2.75) is 20.4 Å². The summed E-state index contributed by atoms with van der Waals surface area (Å²) in [6.45, 7) is 6.90. The quantitative estimate of drug-likeness (QED) is 0.739. The van der Waals surface area contributed by atoms with Crippen LogP contribution in [0.2, 0.25) is 0 Å². The fraction of sp³-hybridized carbons (Fsp3) is 0.538. The van der Waals surface area contributed by atoms with E-state index in [0.29, 0.717) is 0 Å². The molecular formula is C13H20BrNOS. The summed E-state index contributed by atoms with van der Waals surface area (Å²) in [6.07, 6.45) is 0. The molecule has 1 N–H and O–H groups in total. The maximum absolute atomic E-state index is 5.71. The first-order valence-corrected chi connectivity index (χ1v) is 7.92. The fourth-order valence-corrected chi connectivity index (χ4v) is 2.28. The maximum Gasteiger partial charge on any atom is 0.119 e. The molecule has 0 saturated heterocycles. The van der Waals surface area contributed by atoms with Crippen molar-refractivity contribution in [3.8, 4) is 5.75 Å². The van der Waals surface area contributed by atoms with Crippen LogP contribution in [0, 0.1) is 0 Å². The molecule has 0 saturated carbocycles. The zero-order chi connectivity index (χ0) is 12.5. The van der Waals surface area contributed by atoms with E-state index >= 15 is 0 Å². The van der Waals surface area contributed by atoms with Crippen LogP contribution in [0.15, 0.2) is 22.7 Å². The average Bonchev–Trinajstić information content (AvgIpc) is 2.35. The minimum atomic E-state index is 0.779. The number of hydrogen-bond acceptors (Lipinski definition) is 3. The van der Waals surface area contributed by atoms with Gasteiger partial charge < -0.3 is 10.1 Å². The molecule has 96 valence electrons. The van der Waals surface area contributed by atoms with Crippen LogP contribution in [0.1, 0.15) is 19.4 Å². The molecule has 0 heterocycles. The van der Waals surface area contributed by atoms with E-state index in [1.807, 2.05) is 17.8 Å². The molecule has 0 aromatic heterocycles. The Morgan fingerprint density at radius 3 is 2.88 bits per heavy atom. The summed E-state index contributed by atoms with van der Waals surface area (Å²) in [5.41, 5.74) is 1.24. The van der Waals surface area contributed by atoms with E-state index < -0.39 is 0 Å². The van der Waals surface area contributed by atoms with Gasteiger partial charge in [-0.25, -0.2) is 0 Å². The second-order valence-corrected chi connectivity index (χ2v) is 5.83. The first-order valence-electron chi connectivity index (χ1n) is 5.97. The SMILES string of the molecule is CCNCc1cc(OCCSCC)ccc1Br. The van der Waals surface area contributed by atoms with Gasteiger partial charge in [-0.15, -0.1) is 0 Å². The van der Waals surface area contributed by atoms with Gasteiger partial charge >= 0.3 is 0 Å². The van der Waals surface area contributed by atoms with Crippen LogP contribution in [0.5, 0.6) is 5.75 Å². The van der Waals surface area contributed by atoms with Crippen molar-refractivity contribution in [2.24, 2.45) is 0 Å². The second kappa shape index (κ2) is 8.84. The van der Waals surface area contributed by atoms with Crippen LogP contribution >= 0.6 is 27.7 Å². The molecule has 1 aromatic carbocycles. The molecule has 0 fully saturated rings. The van der Waals surface area contributed by atoms with Gasteiger partial charge in [0, 0.05) is 16.8 Å². The molecule has 4 heteroatoms. The lowest BCUT2D eigenvalue weighted by molar-refractivity contribution is 0.343. The van der Waals surface area contributed by atoms with Crippen molar-refractivity contribution in [3.05, 3.63) is 28.2 Å². The van der Waals surface area contributed by atoms with E-state index in [4.69, 9.17) is 4.74 Å². The minimum Gasteiger partial charge on any atom is -0.493 e. The minimum absolute atomic E-state index is 0.779. The Morgan fingerprint density at radius 1 is 1.35 bits per heavy atom. The molecule has 0 aliphatic heterocycles. The molecule has 0 radical (unpaired) electrons. The molecule has 1 aromatic rings. The zero-order valence-corrected chi connectivity index (χ0v) is 12.9. The van der Waals surface area contributed by atoms with Gasteiger partial charge in [-0.3, -0.25) is 0 Å². The van der Waals surface area contributed by atoms with E-state index in [9.17, 15) is 0 Å². The predicted molar refractivity (Wildman–Crippen MR) is 80.0 cm³/mol. The summed E-state index contributed by atoms with van der Waals surface area (Å²) in [6, 6.07) is 6.16. The number of thioether (sulfide) groups is 1. The standard InChI is InChI=1S/C13H20BrNOS/c1-3-15-10-11-9-12(5-6-13(11)14)16-7-8-17-4-2/h5-6,9,15H,3-4,7-8,10H2,1-2H3. The Kier molecular flexibility index (Phi) is 7.73. The van der Waals surface area contributed by atoms with E-state index in [0.717, 1.165) is 41.4 Å². The third kappa shape index (κ3) is 5.80. The van der Waals surface area contributed by atoms with Crippen LogP contribution in [0.4, 0.5) is 0 Å². The molecule has 1 rings (SSSR count). The van der Waals surface area contributed by atoms with Gasteiger partial charge in [-0.2, -0.15) is 11.8 Å². The Labute approximate surface area is 117 Å². The van der Waals surface area contributed by atoms with E-state index in [2.05, 4.69) is 47.2 Å². The topological polar surface area (TPSA) is 21.3 Å². The summed E-state index contributed by atoms with van der Waals surface area (Å²) >= 11 is 5.46. The maximum atomic E-state index is 5.71. The second-order valence-electron chi connectivity index (χ2n) is 3.58. The van der Waals surface area contributed by atoms with E-state index in [1.165, 1.54) is 5.56 Å². The summed E-state index contributed by atoms with van der Waals surface area (Å²) in [5, 5.41) is 3.32. The monoisotopic (exact) mass is 317 g/mol. The van der Waals surface area contributed by atoms with Gasteiger partial charge in [-0.1, -0.05) is 29.8 Å². The van der Waals surface area contributed by atoms with Crippen molar-refractivity contribution in [2.75, 3.05) is 24.7 Å². The van der Waals surface area contributed by atoms with Gasteiger partial charge in [0.2, 0.25) is 0 Å². The van der Waals surface area contributed by atoms with Gasteiger partial charge in [0.15, 0.2) is 0 Å². The number of rotatable bonds is 8. The van der Waals surface area contributed by atoms with Gasteiger partial charge in [0.1, 0.15) is 5.75 Å². The Bertz CT molecular complexity index is 333. The smallest absolute Gasteiger partial charge is 0.119 e. The van der Waals surface area contributed by atoms with Gasteiger partial charge in [0.05, 0.1) is 6.61 Å². The Balaban J connectivity index is 2.49. The van der Waals surface area contributed by atoms with E-state index in [1.54, 1.807) is 0 Å². The third-order valence-corrected chi connectivity index (χ3v) is 3.92. The van der Waals surface area contributed by atoms with Crippen LogP contribution in [0.25, 0.3) is 0 Å². The fourth-order valence-electron chi connectivity index (χ4n) is 1.40. The molecule has 0 spiro atoms. The summed E-state index contributed by atoms with van der Waals surface area (Å²) in [7, 11) is 0. The molecule has 0 atom stereocenters. The molecular weight excluding hydrogens is 298 g/mol. The molecule has 0 amide bonds. The summed E-state index contributed by atoms with van der Waals surface area (Å²) in [4.78, 5) is 0. The molecule has 2 nitrogen and oxygen atoms in total. The van der Waals surface area contributed by atoms with Crippen LogP contribution < -0.4 is 10.1 Å². The molecule has 0 aliphatic rings. The zero-order valence-electron chi connectivity index (χ0n) is 10.5. The van der Waals surface area contributed by atoms with Crippen molar-refractivity contribution >= 4 is 27.7 Å². The number of hydrogen-bond donors (Lipinski definition) is 1. The lowest BCUT2D eigenvalue weighted by Gasteiger charge is -2.10. The highest BCUT2D eigenvalue weighted by Crippen LogP contribution is 2.22. The van der Waals surface area contributed by atoms with E-state index in [-0.39, 0.29) is 0 Å². The highest BCUT2D eigenvalue weighted by Gasteiger charge is 2.02. The first-order chi connectivity index (χ1) is 8.27. The van der Waals surface area contributed by atoms with Crippen LogP contribution in [-0.4, -0.2) is 24.7 Å². The summed E-state index contributed by atoms with van der Waals surface area (Å²) < 4.78 is 6.85. The van der Waals surface area contributed by atoms with Crippen molar-refractivity contribution < 1.29 is 4.74 Å². The van der Waals surface area contributed by atoms with Crippen molar-refractivity contribution in [1.29, 1.82) is 0 Å². The van der Waals surface area contributed by atoms with Crippen molar-refractivity contribution in [3.63, 3.8) is 0 Å². The number of ether oxygens (including phenoxy) is 1. The highest BCUT2D eigenvalue weighted by molar-refractivity contribution is 9.10. The molecule has 0 aliphatic carbocycles. The van der Waals surface area contributed by atoms with Crippen LogP contribution in [0.3, 0.4) is 0 Å². The van der Waals surface area contributed by atoms with Gasteiger partial charge in [-0.05, 0) is 36.1 Å². The average molecular weight is 318 g/mol. The Hall–Kier alpha value is -0.190. The summed E-state index contributed by atoms with van der Waals surface area (Å²) in [5.74, 6) is 3.16.